The molecule has 0 bridgehead atoms. The van der Waals surface area contributed by atoms with E-state index in [1.54, 1.807) is 0 Å². The molecule has 2 unspecified atom stereocenters. The van der Waals surface area contributed by atoms with Gasteiger partial charge in [0.25, 0.3) is 0 Å². The van der Waals surface area contributed by atoms with Crippen molar-refractivity contribution in [3.63, 3.8) is 0 Å². The highest BCUT2D eigenvalue weighted by atomic mass is 19.4. The molecule has 0 radical (unpaired) electrons. The Kier molecular flexibility index (Phi) is 2.17. The largest absolute Gasteiger partial charge is 0.471 e. The van der Waals surface area contributed by atoms with Crippen molar-refractivity contribution in [1.29, 1.82) is 0 Å². The number of amides is 1. The maximum Gasteiger partial charge on any atom is 0.471 e. The van der Waals surface area contributed by atoms with E-state index in [0.717, 1.165) is 17.9 Å². The molecular weight excluding hydrogens is 197 g/mol. The second kappa shape index (κ2) is 3.12. The van der Waals surface area contributed by atoms with Gasteiger partial charge in [-0.25, -0.2) is 0 Å². The average molecular weight is 208 g/mol. The number of likely N-dealkylation sites (tertiary alicyclic amines) is 1. The number of rotatable bonds is 0. The maximum atomic E-state index is 12.1. The van der Waals surface area contributed by atoms with Crippen LogP contribution in [0, 0.1) is 5.92 Å². The molecule has 0 aliphatic carbocycles. The number of nitrogens with zero attached hydrogens (tertiary/aromatic N) is 1. The summed E-state index contributed by atoms with van der Waals surface area (Å²) in [6.45, 7) is 1.29. The van der Waals surface area contributed by atoms with Gasteiger partial charge in [0, 0.05) is 19.1 Å². The molecule has 2 heterocycles. The lowest BCUT2D eigenvalue weighted by Gasteiger charge is -2.18. The van der Waals surface area contributed by atoms with Gasteiger partial charge in [-0.05, 0) is 18.9 Å². The van der Waals surface area contributed by atoms with Gasteiger partial charge in [-0.15, -0.1) is 0 Å². The fourth-order valence-corrected chi connectivity index (χ4v) is 2.19. The molecule has 2 fully saturated rings. The van der Waals surface area contributed by atoms with Gasteiger partial charge in [0.05, 0.1) is 0 Å². The fraction of sp³-hybridized carbons (Fsp3) is 0.875. The van der Waals surface area contributed by atoms with Gasteiger partial charge in [-0.1, -0.05) is 0 Å². The van der Waals surface area contributed by atoms with Crippen molar-refractivity contribution in [3.8, 4) is 0 Å². The Morgan fingerprint density at radius 3 is 2.64 bits per heavy atom. The Bertz CT molecular complexity index is 241. The molecule has 0 saturated carbocycles. The van der Waals surface area contributed by atoms with E-state index in [9.17, 15) is 18.0 Å². The molecule has 0 aromatic carbocycles. The number of alkyl halides is 3. The lowest BCUT2D eigenvalue weighted by Crippen LogP contribution is -2.41. The van der Waals surface area contributed by atoms with Crippen LogP contribution in [0.15, 0.2) is 0 Å². The predicted molar refractivity (Wildman–Crippen MR) is 42.5 cm³/mol. The highest BCUT2D eigenvalue weighted by Gasteiger charge is 2.47. The SMILES string of the molecule is O=C(N1CC2CCNC2C1)C(F)(F)F. The molecule has 0 aromatic heterocycles. The van der Waals surface area contributed by atoms with Crippen molar-refractivity contribution in [1.82, 2.24) is 10.2 Å². The molecule has 0 aromatic rings. The van der Waals surface area contributed by atoms with Gasteiger partial charge in [0.15, 0.2) is 0 Å². The topological polar surface area (TPSA) is 32.3 Å². The molecule has 6 heteroatoms. The van der Waals surface area contributed by atoms with E-state index in [1.807, 2.05) is 0 Å². The minimum absolute atomic E-state index is 0.0706. The molecular formula is C8H11F3N2O. The number of carbonyl (C=O) groups is 1. The van der Waals surface area contributed by atoms with Crippen LogP contribution < -0.4 is 5.32 Å². The third-order valence-corrected chi connectivity index (χ3v) is 2.89. The monoisotopic (exact) mass is 208 g/mol. The molecule has 1 amide bonds. The first-order valence-electron chi connectivity index (χ1n) is 4.58. The Hall–Kier alpha value is -0.780. The number of carbonyl (C=O) groups excluding carboxylic acids is 1. The van der Waals surface area contributed by atoms with Crippen molar-refractivity contribution < 1.29 is 18.0 Å². The van der Waals surface area contributed by atoms with Gasteiger partial charge in [-0.3, -0.25) is 4.79 Å². The summed E-state index contributed by atoms with van der Waals surface area (Å²) in [4.78, 5) is 11.8. The summed E-state index contributed by atoms with van der Waals surface area (Å²) in [5.74, 6) is -1.49. The van der Waals surface area contributed by atoms with E-state index in [1.165, 1.54) is 0 Å². The molecule has 2 saturated heterocycles. The summed E-state index contributed by atoms with van der Waals surface area (Å²) < 4.78 is 36.2. The lowest BCUT2D eigenvalue weighted by atomic mass is 10.1. The smallest absolute Gasteiger partial charge is 0.333 e. The van der Waals surface area contributed by atoms with Crippen LogP contribution in [0.5, 0.6) is 0 Å². The number of nitrogens with one attached hydrogen (secondary N) is 1. The van der Waals surface area contributed by atoms with Crippen molar-refractivity contribution in [2.45, 2.75) is 18.6 Å². The highest BCUT2D eigenvalue weighted by molar-refractivity contribution is 5.82. The van der Waals surface area contributed by atoms with Crippen LogP contribution in [-0.2, 0) is 4.79 Å². The fourth-order valence-electron chi connectivity index (χ4n) is 2.19. The van der Waals surface area contributed by atoms with Gasteiger partial charge in [0.1, 0.15) is 0 Å². The lowest BCUT2D eigenvalue weighted by molar-refractivity contribution is -0.184. The molecule has 1 N–H and O–H groups in total. The van der Waals surface area contributed by atoms with Crippen LogP contribution in [0.4, 0.5) is 13.2 Å². The van der Waals surface area contributed by atoms with Gasteiger partial charge >= 0.3 is 12.1 Å². The Balaban J connectivity index is 1.99. The summed E-state index contributed by atoms with van der Waals surface area (Å²) in [7, 11) is 0. The van der Waals surface area contributed by atoms with Gasteiger partial charge in [-0.2, -0.15) is 13.2 Å². The van der Waals surface area contributed by atoms with Crippen LogP contribution in [0.1, 0.15) is 6.42 Å². The second-order valence-electron chi connectivity index (χ2n) is 3.82. The summed E-state index contributed by atoms with van der Waals surface area (Å²) in [6.07, 6.45) is -3.86. The van der Waals surface area contributed by atoms with Crippen LogP contribution >= 0.6 is 0 Å². The molecule has 14 heavy (non-hydrogen) atoms. The quantitative estimate of drug-likeness (QED) is 0.623. The normalized spacial score (nSPS) is 32.1. The van der Waals surface area contributed by atoms with E-state index in [-0.39, 0.29) is 25.0 Å². The van der Waals surface area contributed by atoms with Crippen molar-refractivity contribution in [2.24, 2.45) is 5.92 Å². The number of hydrogen-bond donors (Lipinski definition) is 1. The molecule has 2 atom stereocenters. The van der Waals surface area contributed by atoms with Gasteiger partial charge < -0.3 is 10.2 Å². The zero-order chi connectivity index (χ0) is 10.3. The van der Waals surface area contributed by atoms with E-state index < -0.39 is 12.1 Å². The van der Waals surface area contributed by atoms with Crippen LogP contribution in [0.25, 0.3) is 0 Å². The van der Waals surface area contributed by atoms with E-state index in [4.69, 9.17) is 0 Å². The summed E-state index contributed by atoms with van der Waals surface area (Å²) in [6, 6.07) is 0.0706. The number of halogens is 3. The standard InChI is InChI=1S/C8H11F3N2O/c9-8(10,11)7(14)13-3-5-1-2-12-6(5)4-13/h5-6,12H,1-4H2. The van der Waals surface area contributed by atoms with Gasteiger partial charge in [0.2, 0.25) is 0 Å². The Labute approximate surface area is 79.3 Å². The molecule has 2 rings (SSSR count). The van der Waals surface area contributed by atoms with E-state index >= 15 is 0 Å². The number of fused-ring (bicyclic) bond motifs is 1. The molecule has 80 valence electrons. The predicted octanol–water partition coefficient (Wildman–Crippen LogP) is 0.369. The van der Waals surface area contributed by atoms with Crippen molar-refractivity contribution in [3.05, 3.63) is 0 Å². The highest BCUT2D eigenvalue weighted by Crippen LogP contribution is 2.28. The molecule has 2 aliphatic rings. The average Bonchev–Trinajstić information content (AvgIpc) is 2.58. The molecule has 0 spiro atoms. The zero-order valence-electron chi connectivity index (χ0n) is 7.47. The Morgan fingerprint density at radius 1 is 1.36 bits per heavy atom. The van der Waals surface area contributed by atoms with E-state index in [0.29, 0.717) is 0 Å². The number of hydrogen-bond acceptors (Lipinski definition) is 2. The minimum atomic E-state index is -4.72. The second-order valence-corrected chi connectivity index (χ2v) is 3.82. The minimum Gasteiger partial charge on any atom is -0.333 e. The third-order valence-electron chi connectivity index (χ3n) is 2.89. The summed E-state index contributed by atoms with van der Waals surface area (Å²) in [5.41, 5.74) is 0. The van der Waals surface area contributed by atoms with Crippen LogP contribution in [-0.4, -0.2) is 42.7 Å². The third kappa shape index (κ3) is 1.58. The summed E-state index contributed by atoms with van der Waals surface area (Å²) >= 11 is 0. The Morgan fingerprint density at radius 2 is 2.07 bits per heavy atom. The maximum absolute atomic E-state index is 12.1. The first kappa shape index (κ1) is 9.76. The van der Waals surface area contributed by atoms with Crippen LogP contribution in [0.3, 0.4) is 0 Å². The zero-order valence-corrected chi connectivity index (χ0v) is 7.47. The van der Waals surface area contributed by atoms with Crippen molar-refractivity contribution in [2.75, 3.05) is 19.6 Å². The first-order chi connectivity index (χ1) is 6.48. The summed E-state index contributed by atoms with van der Waals surface area (Å²) in [5, 5.41) is 3.09. The first-order valence-corrected chi connectivity index (χ1v) is 4.58. The molecule has 2 aliphatic heterocycles. The van der Waals surface area contributed by atoms with Crippen LogP contribution in [0.2, 0.25) is 0 Å². The van der Waals surface area contributed by atoms with E-state index in [2.05, 4.69) is 5.32 Å². The van der Waals surface area contributed by atoms with Crippen molar-refractivity contribution >= 4 is 5.91 Å². The molecule has 3 nitrogen and oxygen atoms in total.